The molecule has 4 nitrogen and oxygen atoms in total. The maximum atomic E-state index is 12.2. The van der Waals surface area contributed by atoms with Gasteiger partial charge in [0.25, 0.3) is 0 Å². The topological polar surface area (TPSA) is 55.4 Å². The molecule has 0 aliphatic rings. The molecular weight excluding hydrogens is 334 g/mol. The molecule has 1 aromatic carbocycles. The average Bonchev–Trinajstić information content (AvgIpc) is 3.13. The predicted molar refractivity (Wildman–Crippen MR) is 101 cm³/mol. The normalized spacial score (nSPS) is 12.0. The molecule has 2 rings (SSSR count). The molecule has 0 aliphatic heterocycles. The summed E-state index contributed by atoms with van der Waals surface area (Å²) >= 11 is 1.65. The van der Waals surface area contributed by atoms with Gasteiger partial charge in [0.15, 0.2) is 5.78 Å². The lowest BCUT2D eigenvalue weighted by atomic mass is 10.0. The molecule has 0 saturated carbocycles. The molecule has 1 heterocycles. The molecule has 1 aromatic heterocycles. The second kappa shape index (κ2) is 9.37. The highest BCUT2D eigenvalue weighted by Crippen LogP contribution is 2.26. The van der Waals surface area contributed by atoms with E-state index in [1.54, 1.807) is 42.7 Å². The molecule has 0 bridgehead atoms. The first kappa shape index (κ1) is 19.2. The summed E-state index contributed by atoms with van der Waals surface area (Å²) < 4.78 is 5.08. The number of amides is 1. The third kappa shape index (κ3) is 5.71. The van der Waals surface area contributed by atoms with Crippen molar-refractivity contribution in [3.8, 4) is 5.75 Å². The minimum atomic E-state index is -0.00497. The van der Waals surface area contributed by atoms with Gasteiger partial charge in [-0.3, -0.25) is 9.59 Å². The van der Waals surface area contributed by atoms with Crippen LogP contribution in [0.2, 0.25) is 0 Å². The van der Waals surface area contributed by atoms with Gasteiger partial charge in [-0.1, -0.05) is 19.9 Å². The number of carbonyl (C=O) groups excluding carboxylic acids is 2. The SMILES string of the molecule is COc1ccc(C(=O)CCCC(=O)NC(c2cccs2)C(C)C)cc1. The summed E-state index contributed by atoms with van der Waals surface area (Å²) in [6.45, 7) is 4.19. The lowest BCUT2D eigenvalue weighted by Crippen LogP contribution is -2.31. The lowest BCUT2D eigenvalue weighted by molar-refractivity contribution is -0.122. The number of ether oxygens (including phenoxy) is 1. The molecule has 0 fully saturated rings. The van der Waals surface area contributed by atoms with Gasteiger partial charge in [0.05, 0.1) is 13.2 Å². The summed E-state index contributed by atoms with van der Waals surface area (Å²) in [6, 6.07) is 11.1. The maximum absolute atomic E-state index is 12.2. The van der Waals surface area contributed by atoms with E-state index in [0.717, 1.165) is 10.6 Å². The van der Waals surface area contributed by atoms with Gasteiger partial charge >= 0.3 is 0 Å². The number of nitrogens with one attached hydrogen (secondary N) is 1. The van der Waals surface area contributed by atoms with Crippen molar-refractivity contribution < 1.29 is 14.3 Å². The summed E-state index contributed by atoms with van der Waals surface area (Å²) in [5.41, 5.74) is 0.653. The highest BCUT2D eigenvalue weighted by Gasteiger charge is 2.19. The fourth-order valence-corrected chi connectivity index (χ4v) is 3.56. The highest BCUT2D eigenvalue weighted by atomic mass is 32.1. The van der Waals surface area contributed by atoms with Gasteiger partial charge < -0.3 is 10.1 Å². The van der Waals surface area contributed by atoms with Crippen molar-refractivity contribution in [2.75, 3.05) is 7.11 Å². The summed E-state index contributed by atoms with van der Waals surface area (Å²) in [4.78, 5) is 25.6. The zero-order valence-electron chi connectivity index (χ0n) is 15.0. The first-order valence-electron chi connectivity index (χ1n) is 8.51. The van der Waals surface area contributed by atoms with Crippen LogP contribution in [-0.4, -0.2) is 18.8 Å². The fourth-order valence-electron chi connectivity index (χ4n) is 2.61. The zero-order chi connectivity index (χ0) is 18.2. The van der Waals surface area contributed by atoms with Gasteiger partial charge in [0.1, 0.15) is 5.75 Å². The van der Waals surface area contributed by atoms with E-state index in [0.29, 0.717) is 30.7 Å². The van der Waals surface area contributed by atoms with Crippen molar-refractivity contribution in [1.29, 1.82) is 0 Å². The largest absolute Gasteiger partial charge is 0.497 e. The molecule has 25 heavy (non-hydrogen) atoms. The van der Waals surface area contributed by atoms with Crippen LogP contribution in [0.25, 0.3) is 0 Å². The molecule has 2 aromatic rings. The Hall–Kier alpha value is -2.14. The molecule has 1 N–H and O–H groups in total. The van der Waals surface area contributed by atoms with Gasteiger partial charge in [-0.15, -0.1) is 11.3 Å². The Morgan fingerprint density at radius 3 is 2.40 bits per heavy atom. The smallest absolute Gasteiger partial charge is 0.220 e. The number of carbonyl (C=O) groups is 2. The number of rotatable bonds is 9. The second-order valence-electron chi connectivity index (χ2n) is 6.31. The Morgan fingerprint density at radius 1 is 1.12 bits per heavy atom. The summed E-state index contributed by atoms with van der Waals surface area (Å²) in [5, 5.41) is 5.11. The number of Topliss-reactive ketones (excluding diaryl/α,β-unsaturated/α-hetero) is 1. The van der Waals surface area contributed by atoms with Crippen LogP contribution in [0.1, 0.15) is 54.4 Å². The highest BCUT2D eigenvalue weighted by molar-refractivity contribution is 7.10. The average molecular weight is 359 g/mol. The standard InChI is InChI=1S/C20H25NO3S/c1-14(2)20(18-7-5-13-25-18)21-19(23)8-4-6-17(22)15-9-11-16(24-3)12-10-15/h5,7,9-14,20H,4,6,8H2,1-3H3,(H,21,23). The summed E-state index contributed by atoms with van der Waals surface area (Å²) in [6.07, 6.45) is 1.27. The van der Waals surface area contributed by atoms with Crippen LogP contribution in [0, 0.1) is 5.92 Å². The molecule has 1 amide bonds. The monoisotopic (exact) mass is 359 g/mol. The van der Waals surface area contributed by atoms with E-state index in [1.807, 2.05) is 17.5 Å². The van der Waals surface area contributed by atoms with E-state index in [-0.39, 0.29) is 17.7 Å². The number of ketones is 1. The molecule has 134 valence electrons. The Balaban J connectivity index is 1.80. The fraction of sp³-hybridized carbons (Fsp3) is 0.400. The van der Waals surface area contributed by atoms with Crippen LogP contribution < -0.4 is 10.1 Å². The van der Waals surface area contributed by atoms with Crippen molar-refractivity contribution in [3.05, 3.63) is 52.2 Å². The Kier molecular flexibility index (Phi) is 7.19. The van der Waals surface area contributed by atoms with Gasteiger partial charge in [-0.2, -0.15) is 0 Å². The summed E-state index contributed by atoms with van der Waals surface area (Å²) in [7, 11) is 1.59. The molecule has 0 saturated heterocycles. The zero-order valence-corrected chi connectivity index (χ0v) is 15.8. The van der Waals surface area contributed by atoms with Crippen molar-refractivity contribution >= 4 is 23.0 Å². The third-order valence-electron chi connectivity index (χ3n) is 4.05. The number of hydrogen-bond donors (Lipinski definition) is 1. The number of benzene rings is 1. The first-order valence-corrected chi connectivity index (χ1v) is 9.39. The molecule has 0 aliphatic carbocycles. The maximum Gasteiger partial charge on any atom is 0.220 e. The van der Waals surface area contributed by atoms with E-state index in [9.17, 15) is 9.59 Å². The molecule has 1 atom stereocenters. The van der Waals surface area contributed by atoms with E-state index in [2.05, 4.69) is 19.2 Å². The van der Waals surface area contributed by atoms with Gasteiger partial charge in [0.2, 0.25) is 5.91 Å². The number of thiophene rings is 1. The van der Waals surface area contributed by atoms with E-state index >= 15 is 0 Å². The summed E-state index contributed by atoms with van der Waals surface area (Å²) in [5.74, 6) is 1.09. The van der Waals surface area contributed by atoms with Gasteiger partial charge in [-0.05, 0) is 48.1 Å². The predicted octanol–water partition coefficient (Wildman–Crippen LogP) is 4.62. The second-order valence-corrected chi connectivity index (χ2v) is 7.29. The van der Waals surface area contributed by atoms with Crippen LogP contribution in [0.3, 0.4) is 0 Å². The van der Waals surface area contributed by atoms with E-state index < -0.39 is 0 Å². The Morgan fingerprint density at radius 2 is 1.84 bits per heavy atom. The Labute approximate surface area is 153 Å². The molecule has 5 heteroatoms. The molecule has 0 radical (unpaired) electrons. The quantitative estimate of drug-likeness (QED) is 0.665. The minimum absolute atomic E-state index is 0.00497. The van der Waals surface area contributed by atoms with Gasteiger partial charge in [-0.25, -0.2) is 0 Å². The van der Waals surface area contributed by atoms with E-state index in [4.69, 9.17) is 4.74 Å². The van der Waals surface area contributed by atoms with E-state index in [1.165, 1.54) is 0 Å². The van der Waals surface area contributed by atoms with Crippen LogP contribution in [0.4, 0.5) is 0 Å². The lowest BCUT2D eigenvalue weighted by Gasteiger charge is -2.21. The molecule has 0 spiro atoms. The van der Waals surface area contributed by atoms with Crippen LogP contribution in [-0.2, 0) is 4.79 Å². The van der Waals surface area contributed by atoms with Crippen molar-refractivity contribution in [3.63, 3.8) is 0 Å². The molecule has 1 unspecified atom stereocenters. The van der Waals surface area contributed by atoms with Crippen molar-refractivity contribution in [2.24, 2.45) is 5.92 Å². The van der Waals surface area contributed by atoms with Crippen molar-refractivity contribution in [2.45, 2.75) is 39.2 Å². The first-order chi connectivity index (χ1) is 12.0. The molecular formula is C20H25NO3S. The number of hydrogen-bond acceptors (Lipinski definition) is 4. The van der Waals surface area contributed by atoms with Crippen LogP contribution in [0.15, 0.2) is 41.8 Å². The van der Waals surface area contributed by atoms with Crippen LogP contribution >= 0.6 is 11.3 Å². The van der Waals surface area contributed by atoms with Crippen molar-refractivity contribution in [1.82, 2.24) is 5.32 Å². The minimum Gasteiger partial charge on any atom is -0.497 e. The van der Waals surface area contributed by atoms with Crippen LogP contribution in [0.5, 0.6) is 5.75 Å². The number of methoxy groups -OCH3 is 1. The third-order valence-corrected chi connectivity index (χ3v) is 5.01. The Bertz CT molecular complexity index is 677. The van der Waals surface area contributed by atoms with Gasteiger partial charge in [0, 0.05) is 23.3 Å².